The summed E-state index contributed by atoms with van der Waals surface area (Å²) in [5.74, 6) is 0.693. The fraction of sp³-hybridized carbons (Fsp3) is 0.571. The van der Waals surface area contributed by atoms with E-state index in [0.717, 1.165) is 5.56 Å². The van der Waals surface area contributed by atoms with E-state index in [0.29, 0.717) is 18.8 Å². The van der Waals surface area contributed by atoms with Crippen LogP contribution in [0.1, 0.15) is 5.56 Å². The number of nitrogens with one attached hydrogen (secondary N) is 2. The molecule has 13 heavy (non-hydrogen) atoms. The van der Waals surface area contributed by atoms with Crippen molar-refractivity contribution in [3.8, 4) is 0 Å². The number of aliphatic hydroxyl groups excluding tert-OH is 2. The summed E-state index contributed by atoms with van der Waals surface area (Å²) in [6.07, 6.45) is 1.05. The lowest BCUT2D eigenvalue weighted by atomic mass is 10.2. The molecule has 1 heterocycles. The van der Waals surface area contributed by atoms with E-state index in [1.165, 1.54) is 0 Å². The van der Waals surface area contributed by atoms with Crippen LogP contribution in [0.25, 0.3) is 0 Å². The molecule has 0 saturated carbocycles. The van der Waals surface area contributed by atoms with Gasteiger partial charge in [-0.2, -0.15) is 5.10 Å². The molecule has 74 valence electrons. The maximum absolute atomic E-state index is 8.93. The maximum Gasteiger partial charge on any atom is 0.124 e. The van der Waals surface area contributed by atoms with Crippen molar-refractivity contribution in [1.29, 1.82) is 0 Å². The van der Waals surface area contributed by atoms with Crippen molar-refractivity contribution in [3.63, 3.8) is 0 Å². The Morgan fingerprint density at radius 2 is 2.46 bits per heavy atom. The highest BCUT2D eigenvalue weighted by Crippen LogP contribution is 2.11. The Hall–Kier alpha value is -1.11. The molecule has 1 unspecified atom stereocenters. The lowest BCUT2D eigenvalue weighted by Gasteiger charge is -2.06. The van der Waals surface area contributed by atoms with Crippen LogP contribution in [0.3, 0.4) is 0 Å². The zero-order valence-electron chi connectivity index (χ0n) is 7.20. The third kappa shape index (κ3) is 3.02. The quantitative estimate of drug-likeness (QED) is 0.365. The molecule has 1 aromatic rings. The van der Waals surface area contributed by atoms with E-state index in [2.05, 4.69) is 15.5 Å². The van der Waals surface area contributed by atoms with Gasteiger partial charge in [0.05, 0.1) is 12.8 Å². The average Bonchev–Trinajstić information content (AvgIpc) is 2.48. The van der Waals surface area contributed by atoms with Gasteiger partial charge in [-0.05, 0) is 0 Å². The van der Waals surface area contributed by atoms with Crippen LogP contribution in [-0.4, -0.2) is 39.8 Å². The van der Waals surface area contributed by atoms with Crippen LogP contribution < -0.4 is 11.1 Å². The molecule has 0 aromatic carbocycles. The molecule has 0 aliphatic carbocycles. The molecule has 0 bridgehead atoms. The van der Waals surface area contributed by atoms with Crippen LogP contribution >= 0.6 is 0 Å². The molecule has 6 nitrogen and oxygen atoms in total. The fourth-order valence-corrected chi connectivity index (χ4v) is 1.03. The maximum atomic E-state index is 8.93. The second kappa shape index (κ2) is 4.80. The molecule has 0 fully saturated rings. The van der Waals surface area contributed by atoms with Gasteiger partial charge in [-0.15, -0.1) is 0 Å². The van der Waals surface area contributed by atoms with Crippen LogP contribution in [0.5, 0.6) is 0 Å². The second-order valence-corrected chi connectivity index (χ2v) is 2.69. The molecule has 0 spiro atoms. The highest BCUT2D eigenvalue weighted by Gasteiger charge is 2.06. The van der Waals surface area contributed by atoms with Gasteiger partial charge in [0.25, 0.3) is 0 Å². The van der Waals surface area contributed by atoms with Gasteiger partial charge < -0.3 is 21.3 Å². The summed E-state index contributed by atoms with van der Waals surface area (Å²) in [5, 5.41) is 26.9. The Morgan fingerprint density at radius 1 is 1.69 bits per heavy atom. The largest absolute Gasteiger partial charge is 0.395 e. The summed E-state index contributed by atoms with van der Waals surface area (Å²) in [6.45, 7) is 0.486. The summed E-state index contributed by atoms with van der Waals surface area (Å²) < 4.78 is 0. The van der Waals surface area contributed by atoms with Crippen molar-refractivity contribution >= 4 is 5.82 Å². The topological polar surface area (TPSA) is 107 Å². The molecular formula is C7H14N4O2. The van der Waals surface area contributed by atoms with Crippen LogP contribution in [-0.2, 0) is 6.42 Å². The number of anilines is 1. The molecule has 1 aromatic heterocycles. The Bertz CT molecular complexity index is 248. The van der Waals surface area contributed by atoms with Gasteiger partial charge in [-0.1, -0.05) is 0 Å². The van der Waals surface area contributed by atoms with Crippen LogP contribution in [0.4, 0.5) is 5.82 Å². The van der Waals surface area contributed by atoms with Crippen molar-refractivity contribution in [2.24, 2.45) is 5.73 Å². The molecule has 6 heteroatoms. The molecule has 6 N–H and O–H groups in total. The molecule has 0 amide bonds. The minimum atomic E-state index is -0.882. The normalized spacial score (nSPS) is 12.8. The minimum absolute atomic E-state index is 0.0453. The van der Waals surface area contributed by atoms with Gasteiger partial charge in [0.15, 0.2) is 0 Å². The van der Waals surface area contributed by atoms with Crippen molar-refractivity contribution in [3.05, 3.63) is 11.8 Å². The van der Waals surface area contributed by atoms with Crippen molar-refractivity contribution in [2.75, 3.05) is 18.5 Å². The van der Waals surface area contributed by atoms with Gasteiger partial charge >= 0.3 is 0 Å². The zero-order valence-corrected chi connectivity index (χ0v) is 7.20. The zero-order chi connectivity index (χ0) is 9.68. The third-order valence-corrected chi connectivity index (χ3v) is 1.56. The summed E-state index contributed by atoms with van der Waals surface area (Å²) in [5.41, 5.74) is 6.03. The lowest BCUT2D eigenvalue weighted by molar-refractivity contribution is 0.183. The van der Waals surface area contributed by atoms with Crippen molar-refractivity contribution in [2.45, 2.75) is 12.6 Å². The molecule has 0 radical (unpaired) electrons. The number of nitrogens with zero attached hydrogens (tertiary/aromatic N) is 1. The number of hydrogen-bond donors (Lipinski definition) is 5. The van der Waals surface area contributed by atoms with Crippen LogP contribution in [0.2, 0.25) is 0 Å². The van der Waals surface area contributed by atoms with Gasteiger partial charge in [0.1, 0.15) is 12.0 Å². The monoisotopic (exact) mass is 186 g/mol. The molecule has 0 saturated heterocycles. The first-order chi connectivity index (χ1) is 6.24. The second-order valence-electron chi connectivity index (χ2n) is 2.69. The van der Waals surface area contributed by atoms with E-state index < -0.39 is 6.23 Å². The Kier molecular flexibility index (Phi) is 3.69. The highest BCUT2D eigenvalue weighted by atomic mass is 16.3. The molecule has 0 aliphatic rings. The number of rotatable bonds is 5. The van der Waals surface area contributed by atoms with Gasteiger partial charge in [0.2, 0.25) is 0 Å². The first-order valence-electron chi connectivity index (χ1n) is 4.04. The Labute approximate surface area is 75.8 Å². The lowest BCUT2D eigenvalue weighted by Crippen LogP contribution is -2.22. The summed E-state index contributed by atoms with van der Waals surface area (Å²) >= 11 is 0. The summed E-state index contributed by atoms with van der Waals surface area (Å²) in [6, 6.07) is 0. The number of H-pyrrole nitrogens is 1. The highest BCUT2D eigenvalue weighted by molar-refractivity contribution is 5.42. The molecular weight excluding hydrogens is 172 g/mol. The van der Waals surface area contributed by atoms with E-state index in [1.54, 1.807) is 6.20 Å². The minimum Gasteiger partial charge on any atom is -0.395 e. The van der Waals surface area contributed by atoms with E-state index >= 15 is 0 Å². The summed E-state index contributed by atoms with van der Waals surface area (Å²) in [4.78, 5) is 0. The van der Waals surface area contributed by atoms with Gasteiger partial charge in [-0.25, -0.2) is 0 Å². The summed E-state index contributed by atoms with van der Waals surface area (Å²) in [7, 11) is 0. The predicted molar refractivity (Wildman–Crippen MR) is 48.1 cm³/mol. The van der Waals surface area contributed by atoms with Gasteiger partial charge in [0, 0.05) is 18.5 Å². The predicted octanol–water partition coefficient (Wildman–Crippen LogP) is -1.37. The molecule has 0 aliphatic heterocycles. The smallest absolute Gasteiger partial charge is 0.124 e. The third-order valence-electron chi connectivity index (χ3n) is 1.56. The van der Waals surface area contributed by atoms with Crippen LogP contribution in [0, 0.1) is 0 Å². The first-order valence-corrected chi connectivity index (χ1v) is 4.04. The number of aliphatic hydroxyl groups is 2. The van der Waals surface area contributed by atoms with Crippen molar-refractivity contribution < 1.29 is 10.2 Å². The van der Waals surface area contributed by atoms with E-state index in [1.807, 2.05) is 0 Å². The number of aromatic amines is 1. The fourth-order valence-electron chi connectivity index (χ4n) is 1.03. The number of aromatic nitrogens is 2. The van der Waals surface area contributed by atoms with Gasteiger partial charge in [-0.3, -0.25) is 5.10 Å². The Balaban J connectivity index is 2.55. The first kappa shape index (κ1) is 9.97. The van der Waals surface area contributed by atoms with Crippen molar-refractivity contribution in [1.82, 2.24) is 10.2 Å². The van der Waals surface area contributed by atoms with E-state index in [9.17, 15) is 0 Å². The van der Waals surface area contributed by atoms with E-state index in [4.69, 9.17) is 15.9 Å². The standard InChI is InChI=1S/C7H14N4O2/c8-6(13)3-5-4-10-11-7(5)9-1-2-12/h4,6,12-13H,1-3,8H2,(H2,9,10,11). The van der Waals surface area contributed by atoms with E-state index in [-0.39, 0.29) is 6.61 Å². The Morgan fingerprint density at radius 3 is 3.08 bits per heavy atom. The average molecular weight is 186 g/mol. The van der Waals surface area contributed by atoms with Crippen LogP contribution in [0.15, 0.2) is 6.20 Å². The number of nitrogens with two attached hydrogens (primary N) is 1. The SMILES string of the molecule is NC(O)Cc1cn[nH]c1NCCO. The number of hydrogen-bond acceptors (Lipinski definition) is 5. The molecule has 1 atom stereocenters. The molecule has 1 rings (SSSR count).